The van der Waals surface area contributed by atoms with Crippen molar-refractivity contribution in [2.24, 2.45) is 0 Å². The van der Waals surface area contributed by atoms with Gasteiger partial charge in [0.05, 0.1) is 8.07 Å². The molecule has 2 rings (SSSR count). The molecule has 0 atom stereocenters. The molecular formula is C12H17Cl2OSiV-. The average molecular weight is 327 g/mol. The predicted molar refractivity (Wildman–Crippen MR) is 77.7 cm³/mol. The summed E-state index contributed by atoms with van der Waals surface area (Å²) < 4.78 is 8.19. The molecule has 17 heavy (non-hydrogen) atoms. The van der Waals surface area contributed by atoms with Crippen LogP contribution in [-0.2, 0) is 21.0 Å². The van der Waals surface area contributed by atoms with E-state index in [1.165, 1.54) is 10.8 Å². The standard InChI is InChI=1S/C12H15Si.2ClH.O.V/c1-13(2,3)12-8-10-6-4-5-7-11(10)9-12;;;;/h4-9H,1-3H3;2*1H;;/q-1;;;;. The van der Waals surface area contributed by atoms with Crippen LogP contribution in [0.3, 0.4) is 0 Å². The minimum absolute atomic E-state index is 0. The predicted octanol–water partition coefficient (Wildman–Crippen LogP) is 3.83. The van der Waals surface area contributed by atoms with Gasteiger partial charge >= 0.3 is 21.0 Å². The molecule has 0 radical (unpaired) electrons. The topological polar surface area (TPSA) is 17.1 Å². The molecule has 0 saturated carbocycles. The van der Waals surface area contributed by atoms with Gasteiger partial charge in [0.25, 0.3) is 0 Å². The van der Waals surface area contributed by atoms with Gasteiger partial charge in [0, 0.05) is 0 Å². The van der Waals surface area contributed by atoms with Crippen molar-refractivity contribution < 1.29 is 21.0 Å². The first-order valence-corrected chi connectivity index (χ1v) is 8.98. The molecule has 0 bridgehead atoms. The van der Waals surface area contributed by atoms with Gasteiger partial charge in [0.1, 0.15) is 0 Å². The number of hydrogen-bond acceptors (Lipinski definition) is 1. The Morgan fingerprint density at radius 2 is 1.59 bits per heavy atom. The molecule has 0 aliphatic heterocycles. The van der Waals surface area contributed by atoms with Gasteiger partial charge in [0.2, 0.25) is 0 Å². The summed E-state index contributed by atoms with van der Waals surface area (Å²) in [4.78, 5) is 0. The van der Waals surface area contributed by atoms with Gasteiger partial charge in [-0.15, -0.1) is 59.7 Å². The molecule has 95 valence electrons. The Balaban J connectivity index is 0. The van der Waals surface area contributed by atoms with Crippen LogP contribution < -0.4 is 5.19 Å². The molecular weight excluding hydrogens is 310 g/mol. The summed E-state index contributed by atoms with van der Waals surface area (Å²) in [7, 11) is -1.12. The summed E-state index contributed by atoms with van der Waals surface area (Å²) in [5, 5.41) is 4.34. The van der Waals surface area contributed by atoms with Crippen molar-refractivity contribution in [2.45, 2.75) is 19.6 Å². The number of rotatable bonds is 1. The fourth-order valence-corrected chi connectivity index (χ4v) is 2.76. The van der Waals surface area contributed by atoms with E-state index in [4.69, 9.17) is 3.67 Å². The summed E-state index contributed by atoms with van der Waals surface area (Å²) in [5.74, 6) is 0. The normalized spacial score (nSPS) is 9.53. The molecule has 2 aromatic rings. The zero-order chi connectivity index (χ0) is 11.5. The van der Waals surface area contributed by atoms with Crippen molar-refractivity contribution in [1.82, 2.24) is 0 Å². The summed E-state index contributed by atoms with van der Waals surface area (Å²) >= 11 is 1.06. The molecule has 0 spiro atoms. The molecule has 0 amide bonds. The fraction of sp³-hybridized carbons (Fsp3) is 0.250. The average Bonchev–Trinajstić information content (AvgIpc) is 2.63. The van der Waals surface area contributed by atoms with E-state index in [9.17, 15) is 0 Å². The molecule has 0 aliphatic carbocycles. The molecule has 5 heteroatoms. The molecule has 0 aliphatic rings. The molecule has 2 aromatic carbocycles. The zero-order valence-corrected chi connectivity index (χ0v) is 14.2. The summed E-state index contributed by atoms with van der Waals surface area (Å²) in [6.07, 6.45) is 0. The Kier molecular flexibility index (Phi) is 9.30. The van der Waals surface area contributed by atoms with Crippen LogP contribution in [0.2, 0.25) is 19.6 Å². The van der Waals surface area contributed by atoms with E-state index in [-0.39, 0.29) is 24.8 Å². The van der Waals surface area contributed by atoms with E-state index in [1.807, 2.05) is 0 Å². The Hall–Kier alpha value is 0.0113. The van der Waals surface area contributed by atoms with Crippen LogP contribution in [0.15, 0.2) is 36.4 Å². The Labute approximate surface area is 125 Å². The monoisotopic (exact) mass is 326 g/mol. The van der Waals surface area contributed by atoms with Crippen molar-refractivity contribution in [2.75, 3.05) is 0 Å². The minimum atomic E-state index is -1.12. The number of fused-ring (bicyclic) bond motifs is 1. The van der Waals surface area contributed by atoms with E-state index in [0.717, 1.165) is 17.4 Å². The van der Waals surface area contributed by atoms with E-state index in [0.29, 0.717) is 0 Å². The number of halogens is 2. The number of benzene rings is 1. The SMILES string of the molecule is C[Si](C)(C)c1cc2ccccc2[cH-]1.Cl.Cl.[O]=[V]. The van der Waals surface area contributed by atoms with Crippen LogP contribution in [-0.4, -0.2) is 8.07 Å². The van der Waals surface area contributed by atoms with E-state index >= 15 is 0 Å². The molecule has 0 fully saturated rings. The van der Waals surface area contributed by atoms with Crippen LogP contribution in [0, 0.1) is 0 Å². The third-order valence-electron chi connectivity index (χ3n) is 2.48. The van der Waals surface area contributed by atoms with Gasteiger partial charge in [-0.1, -0.05) is 25.7 Å². The van der Waals surface area contributed by atoms with Crippen LogP contribution in [0.5, 0.6) is 0 Å². The third-order valence-corrected chi connectivity index (χ3v) is 4.50. The van der Waals surface area contributed by atoms with E-state index in [1.54, 1.807) is 5.19 Å². The van der Waals surface area contributed by atoms with E-state index < -0.39 is 8.07 Å². The van der Waals surface area contributed by atoms with Crippen LogP contribution >= 0.6 is 24.8 Å². The molecule has 0 unspecified atom stereocenters. The first-order chi connectivity index (χ1) is 7.07. The molecule has 0 aromatic heterocycles. The van der Waals surface area contributed by atoms with Gasteiger partial charge in [-0.3, -0.25) is 0 Å². The molecule has 0 saturated heterocycles. The second kappa shape index (κ2) is 8.17. The quantitative estimate of drug-likeness (QED) is 0.575. The first-order valence-electron chi connectivity index (χ1n) is 4.91. The zero-order valence-electron chi connectivity index (χ0n) is 10.1. The van der Waals surface area contributed by atoms with Gasteiger partial charge in [-0.05, 0) is 0 Å². The summed E-state index contributed by atoms with van der Waals surface area (Å²) in [6, 6.07) is 13.3. The van der Waals surface area contributed by atoms with Gasteiger partial charge < -0.3 is 0 Å². The van der Waals surface area contributed by atoms with Crippen LogP contribution in [0.25, 0.3) is 10.8 Å². The fourth-order valence-electron chi connectivity index (χ4n) is 1.58. The first kappa shape index (κ1) is 19.4. The van der Waals surface area contributed by atoms with Crippen LogP contribution in [0.4, 0.5) is 0 Å². The second-order valence-corrected chi connectivity index (χ2v) is 9.70. The van der Waals surface area contributed by atoms with Crippen LogP contribution in [0.1, 0.15) is 0 Å². The van der Waals surface area contributed by atoms with Gasteiger partial charge in [-0.25, -0.2) is 0 Å². The Morgan fingerprint density at radius 1 is 1.06 bits per heavy atom. The second-order valence-electron chi connectivity index (χ2n) is 4.62. The maximum absolute atomic E-state index is 8.19. The Morgan fingerprint density at radius 3 is 2.06 bits per heavy atom. The summed E-state index contributed by atoms with van der Waals surface area (Å²) in [6.45, 7) is 7.17. The maximum atomic E-state index is 8.19. The third kappa shape index (κ3) is 5.02. The summed E-state index contributed by atoms with van der Waals surface area (Å²) in [5.41, 5.74) is 0. The molecule has 0 heterocycles. The Bertz CT molecular complexity index is 418. The van der Waals surface area contributed by atoms with Crippen molar-refractivity contribution in [3.05, 3.63) is 36.4 Å². The van der Waals surface area contributed by atoms with E-state index in [2.05, 4.69) is 56.0 Å². The van der Waals surface area contributed by atoms with Crippen molar-refractivity contribution >= 4 is 48.8 Å². The van der Waals surface area contributed by atoms with Crippen molar-refractivity contribution in [3.63, 3.8) is 0 Å². The number of hydrogen-bond donors (Lipinski definition) is 0. The van der Waals surface area contributed by atoms with Gasteiger partial charge in [0.15, 0.2) is 0 Å². The molecule has 1 nitrogen and oxygen atoms in total. The van der Waals surface area contributed by atoms with Gasteiger partial charge in [-0.2, -0.15) is 11.5 Å². The van der Waals surface area contributed by atoms with Crippen molar-refractivity contribution in [1.29, 1.82) is 0 Å². The van der Waals surface area contributed by atoms with Crippen molar-refractivity contribution in [3.8, 4) is 0 Å². The molecule has 0 N–H and O–H groups in total.